The van der Waals surface area contributed by atoms with E-state index in [1.54, 1.807) is 24.3 Å². The first-order chi connectivity index (χ1) is 27.6. The normalized spacial score (nSPS) is 27.5. The maximum atomic E-state index is 14.5. The Bertz CT molecular complexity index is 1910. The van der Waals surface area contributed by atoms with Crippen molar-refractivity contribution in [2.24, 2.45) is 5.92 Å². The molecule has 4 aliphatic heterocycles. The van der Waals surface area contributed by atoms with Gasteiger partial charge in [0.1, 0.15) is 54.5 Å². The Morgan fingerprint density at radius 2 is 1.57 bits per heavy atom. The zero-order valence-electron chi connectivity index (χ0n) is 32.5. The van der Waals surface area contributed by atoms with Crippen LogP contribution in [-0.2, 0) is 39.9 Å². The number of aryl methyl sites for hydroxylation is 1. The average molecular weight is 810 g/mol. The Morgan fingerprint density at radius 3 is 2.28 bits per heavy atom. The third kappa shape index (κ3) is 9.71. The lowest BCUT2D eigenvalue weighted by atomic mass is 9.99. The van der Waals surface area contributed by atoms with Crippen LogP contribution in [0.2, 0.25) is 0 Å². The van der Waals surface area contributed by atoms with Gasteiger partial charge in [-0.25, -0.2) is 18.4 Å². The van der Waals surface area contributed by atoms with Crippen LogP contribution in [0.3, 0.4) is 0 Å². The van der Waals surface area contributed by atoms with Gasteiger partial charge >= 0.3 is 12.0 Å². The summed E-state index contributed by atoms with van der Waals surface area (Å²) in [5.41, 5.74) is 1.29. The number of ether oxygens (including phenoxy) is 1. The Balaban J connectivity index is 1.33. The van der Waals surface area contributed by atoms with Crippen molar-refractivity contribution in [3.05, 3.63) is 65.2 Å². The number of fused-ring (bicyclic) bond motifs is 3. The highest BCUT2D eigenvalue weighted by atomic mass is 19.1. The molecule has 4 saturated heterocycles. The number of halogens is 2. The maximum Gasteiger partial charge on any atom is 0.328 e. The summed E-state index contributed by atoms with van der Waals surface area (Å²) >= 11 is 0. The molecule has 4 heterocycles. The summed E-state index contributed by atoms with van der Waals surface area (Å²) in [7, 11) is 0. The number of amides is 7. The molecular weight excluding hydrogens is 760 g/mol. The highest BCUT2D eigenvalue weighted by molar-refractivity contribution is 5.98. The molecule has 4 fully saturated rings. The number of esters is 1. The van der Waals surface area contributed by atoms with Crippen molar-refractivity contribution in [3.63, 3.8) is 0 Å². The van der Waals surface area contributed by atoms with Gasteiger partial charge in [0.05, 0.1) is 6.10 Å². The molecule has 16 nitrogen and oxygen atoms in total. The second-order valence-corrected chi connectivity index (χ2v) is 15.7. The topological polar surface area (TPSA) is 207 Å². The monoisotopic (exact) mass is 809 g/mol. The van der Waals surface area contributed by atoms with Crippen molar-refractivity contribution < 1.29 is 52.2 Å². The van der Waals surface area contributed by atoms with E-state index in [0.29, 0.717) is 24.6 Å². The number of carbonyl (C=O) groups excluding carboxylic acids is 7. The highest BCUT2D eigenvalue weighted by Crippen LogP contribution is 2.28. The molecule has 0 saturated carbocycles. The standard InChI is InChI=1S/C40H49F2N7O9/c1-21-7-9-27(10-8-21)44-40(57)46-29(15-24-13-25(41)16-26(42)14-24)34(51)45-30-20-58-39(56)33-12-22(2)18-48(33)36(53)23(3)43-35(52)31-6-4-5-11-47(31)38(55)32-17-28(50)19-49(32)37(30)54/h7-10,13-14,16,22-23,28-33,50H,4-6,11-12,15,17-20H2,1-3H3,(H,43,52)(H,45,51)(H2,44,46,57)/t22-,23+,28-,29+,30+,31?,32+,33+/m1/s1. The first-order valence-electron chi connectivity index (χ1n) is 19.5. The van der Waals surface area contributed by atoms with Gasteiger partial charge in [0.2, 0.25) is 29.5 Å². The molecule has 58 heavy (non-hydrogen) atoms. The van der Waals surface area contributed by atoms with E-state index < -0.39 is 109 Å². The van der Waals surface area contributed by atoms with Crippen molar-refractivity contribution >= 4 is 47.2 Å². The fourth-order valence-corrected chi connectivity index (χ4v) is 8.13. The van der Waals surface area contributed by atoms with Crippen molar-refractivity contribution in [1.82, 2.24) is 30.7 Å². The molecule has 312 valence electrons. The molecule has 2 aromatic rings. The number of rotatable bonds is 6. The number of carbonyl (C=O) groups is 7. The van der Waals surface area contributed by atoms with Crippen LogP contribution in [0.4, 0.5) is 19.3 Å². The molecule has 6 rings (SSSR count). The zero-order valence-corrected chi connectivity index (χ0v) is 32.5. The number of piperidine rings is 1. The minimum absolute atomic E-state index is 0.00757. The van der Waals surface area contributed by atoms with E-state index in [0.717, 1.165) is 22.6 Å². The summed E-state index contributed by atoms with van der Waals surface area (Å²) in [6.45, 7) is 4.43. The number of cyclic esters (lactones) is 1. The smallest absolute Gasteiger partial charge is 0.328 e. The number of hydrogen-bond acceptors (Lipinski definition) is 9. The Morgan fingerprint density at radius 1 is 0.879 bits per heavy atom. The summed E-state index contributed by atoms with van der Waals surface area (Å²) in [5.74, 6) is -6.54. The number of anilines is 1. The van der Waals surface area contributed by atoms with Gasteiger partial charge in [0, 0.05) is 44.2 Å². The van der Waals surface area contributed by atoms with Crippen molar-refractivity contribution in [3.8, 4) is 0 Å². The van der Waals surface area contributed by atoms with Crippen molar-refractivity contribution in [2.75, 3.05) is 31.6 Å². The predicted octanol–water partition coefficient (Wildman–Crippen LogP) is 1.13. The van der Waals surface area contributed by atoms with E-state index in [2.05, 4.69) is 21.3 Å². The van der Waals surface area contributed by atoms with E-state index >= 15 is 0 Å². The van der Waals surface area contributed by atoms with Crippen LogP contribution in [0, 0.1) is 24.5 Å². The third-order valence-electron chi connectivity index (χ3n) is 11.0. The van der Waals surface area contributed by atoms with Crippen LogP contribution >= 0.6 is 0 Å². The lowest BCUT2D eigenvalue weighted by Crippen LogP contribution is -2.62. The quantitative estimate of drug-likeness (QED) is 0.265. The molecule has 4 aliphatic rings. The summed E-state index contributed by atoms with van der Waals surface area (Å²) in [5, 5.41) is 21.1. The fourth-order valence-electron chi connectivity index (χ4n) is 8.13. The zero-order chi connectivity index (χ0) is 41.8. The van der Waals surface area contributed by atoms with Crippen LogP contribution in [0.25, 0.3) is 0 Å². The largest absolute Gasteiger partial charge is 0.461 e. The molecule has 0 bridgehead atoms. The number of aliphatic hydroxyl groups is 1. The molecule has 8 atom stereocenters. The molecule has 2 aromatic carbocycles. The Labute approximate surface area is 334 Å². The second-order valence-electron chi connectivity index (χ2n) is 15.7. The first kappa shape index (κ1) is 42.0. The molecule has 7 amide bonds. The SMILES string of the molecule is Cc1ccc(NC(=O)N[C@@H](Cc2cc(F)cc(F)c2)C(=O)N[C@H]2COC(=O)[C@@H]3C[C@@H](C)CN3C(=O)[C@H](C)NC(=O)C3CCCCN3C(=O)[C@@H]3C[C@@H](O)CN3C2=O)cc1. The fraction of sp³-hybridized carbons (Fsp3) is 0.525. The predicted molar refractivity (Wildman–Crippen MR) is 202 cm³/mol. The number of hydrogen-bond donors (Lipinski definition) is 5. The van der Waals surface area contributed by atoms with Gasteiger partial charge in [0.25, 0.3) is 0 Å². The number of nitrogens with zero attached hydrogens (tertiary/aromatic N) is 3. The van der Waals surface area contributed by atoms with Crippen LogP contribution in [0.1, 0.15) is 57.1 Å². The van der Waals surface area contributed by atoms with Gasteiger partial charge < -0.3 is 45.8 Å². The van der Waals surface area contributed by atoms with Gasteiger partial charge in [-0.05, 0) is 75.3 Å². The molecule has 0 aromatic heterocycles. The summed E-state index contributed by atoms with van der Waals surface area (Å²) in [6.07, 6.45) is -0.105. The van der Waals surface area contributed by atoms with Gasteiger partial charge in [0.15, 0.2) is 0 Å². The van der Waals surface area contributed by atoms with Gasteiger partial charge in [-0.2, -0.15) is 0 Å². The minimum Gasteiger partial charge on any atom is -0.461 e. The maximum absolute atomic E-state index is 14.5. The molecule has 18 heteroatoms. The number of benzene rings is 2. The summed E-state index contributed by atoms with van der Waals surface area (Å²) in [6, 6.07) is 0.824. The second kappa shape index (κ2) is 17.9. The van der Waals surface area contributed by atoms with Crippen LogP contribution in [0.5, 0.6) is 0 Å². The van der Waals surface area contributed by atoms with E-state index in [1.165, 1.54) is 16.7 Å². The van der Waals surface area contributed by atoms with E-state index in [-0.39, 0.29) is 50.4 Å². The highest BCUT2D eigenvalue weighted by Gasteiger charge is 2.47. The molecule has 0 radical (unpaired) electrons. The lowest BCUT2D eigenvalue weighted by molar-refractivity contribution is -0.158. The lowest BCUT2D eigenvalue weighted by Gasteiger charge is -2.39. The molecule has 0 spiro atoms. The van der Waals surface area contributed by atoms with Gasteiger partial charge in [-0.15, -0.1) is 0 Å². The van der Waals surface area contributed by atoms with Crippen LogP contribution in [-0.4, -0.2) is 130 Å². The van der Waals surface area contributed by atoms with Crippen molar-refractivity contribution in [2.45, 2.75) is 102 Å². The van der Waals surface area contributed by atoms with E-state index in [4.69, 9.17) is 4.74 Å². The minimum atomic E-state index is -1.71. The third-order valence-corrected chi connectivity index (χ3v) is 11.0. The summed E-state index contributed by atoms with van der Waals surface area (Å²) < 4.78 is 34.2. The molecule has 1 unspecified atom stereocenters. The van der Waals surface area contributed by atoms with Crippen LogP contribution < -0.4 is 21.3 Å². The molecule has 0 aliphatic carbocycles. The van der Waals surface area contributed by atoms with Gasteiger partial charge in [-0.1, -0.05) is 24.6 Å². The summed E-state index contributed by atoms with van der Waals surface area (Å²) in [4.78, 5) is 101. The number of urea groups is 1. The molecule has 5 N–H and O–H groups in total. The first-order valence-corrected chi connectivity index (χ1v) is 19.5. The number of aliphatic hydroxyl groups excluding tert-OH is 1. The Kier molecular flexibility index (Phi) is 12.9. The van der Waals surface area contributed by atoms with E-state index in [1.807, 2.05) is 13.8 Å². The molecular formula is C40H49F2N7O9. The van der Waals surface area contributed by atoms with E-state index in [9.17, 15) is 47.4 Å². The Hall–Kier alpha value is -5.65. The van der Waals surface area contributed by atoms with Crippen molar-refractivity contribution in [1.29, 1.82) is 0 Å². The number of nitrogens with one attached hydrogen (secondary N) is 4. The average Bonchev–Trinajstić information content (AvgIpc) is 3.77. The van der Waals surface area contributed by atoms with Crippen LogP contribution in [0.15, 0.2) is 42.5 Å². The van der Waals surface area contributed by atoms with Gasteiger partial charge in [-0.3, -0.25) is 24.0 Å².